The minimum absolute atomic E-state index is 0.848. The van der Waals surface area contributed by atoms with Crippen molar-refractivity contribution in [2.24, 2.45) is 0 Å². The lowest BCUT2D eigenvalue weighted by molar-refractivity contribution is 0.413. The van der Waals surface area contributed by atoms with Crippen molar-refractivity contribution in [1.29, 1.82) is 0 Å². The molecule has 84 valence electrons. The van der Waals surface area contributed by atoms with Crippen LogP contribution in [-0.4, -0.2) is 7.11 Å². The van der Waals surface area contributed by atoms with Crippen LogP contribution in [0.3, 0.4) is 0 Å². The van der Waals surface area contributed by atoms with E-state index in [1.165, 1.54) is 9.77 Å². The van der Waals surface area contributed by atoms with Crippen molar-refractivity contribution in [3.63, 3.8) is 0 Å². The molecule has 2 aromatic rings. The SMILES string of the molecule is COc1cccc(SCc2ccc(Cl)s2)c1. The number of benzene rings is 1. The van der Waals surface area contributed by atoms with E-state index >= 15 is 0 Å². The van der Waals surface area contributed by atoms with Crippen LogP contribution in [0.25, 0.3) is 0 Å². The van der Waals surface area contributed by atoms with Crippen molar-refractivity contribution in [2.45, 2.75) is 10.6 Å². The molecule has 1 aromatic carbocycles. The molecule has 0 atom stereocenters. The van der Waals surface area contributed by atoms with E-state index in [4.69, 9.17) is 16.3 Å². The normalized spacial score (nSPS) is 10.4. The minimum atomic E-state index is 0.848. The Labute approximate surface area is 108 Å². The Balaban J connectivity index is 1.99. The summed E-state index contributed by atoms with van der Waals surface area (Å²) in [6, 6.07) is 12.1. The number of ether oxygens (including phenoxy) is 1. The Bertz CT molecular complexity index is 468. The van der Waals surface area contributed by atoms with E-state index in [1.54, 1.807) is 30.2 Å². The van der Waals surface area contributed by atoms with E-state index < -0.39 is 0 Å². The number of methoxy groups -OCH3 is 1. The van der Waals surface area contributed by atoms with E-state index in [0.29, 0.717) is 0 Å². The van der Waals surface area contributed by atoms with Crippen molar-refractivity contribution in [3.8, 4) is 5.75 Å². The van der Waals surface area contributed by atoms with Gasteiger partial charge in [0.2, 0.25) is 0 Å². The Morgan fingerprint density at radius 3 is 2.88 bits per heavy atom. The summed E-state index contributed by atoms with van der Waals surface area (Å²) in [5.74, 6) is 1.85. The first-order chi connectivity index (χ1) is 7.78. The molecular weight excluding hydrogens is 260 g/mol. The van der Waals surface area contributed by atoms with Gasteiger partial charge in [-0.25, -0.2) is 0 Å². The number of halogens is 1. The highest BCUT2D eigenvalue weighted by molar-refractivity contribution is 7.98. The van der Waals surface area contributed by atoms with Crippen LogP contribution in [0.1, 0.15) is 4.88 Å². The van der Waals surface area contributed by atoms with E-state index in [-0.39, 0.29) is 0 Å². The second-order valence-corrected chi connectivity index (χ2v) is 6.02. The highest BCUT2D eigenvalue weighted by Gasteiger charge is 2.00. The lowest BCUT2D eigenvalue weighted by Crippen LogP contribution is -1.82. The van der Waals surface area contributed by atoms with Crippen LogP contribution in [-0.2, 0) is 5.75 Å². The van der Waals surface area contributed by atoms with E-state index in [2.05, 4.69) is 12.1 Å². The molecule has 16 heavy (non-hydrogen) atoms. The molecule has 0 spiro atoms. The van der Waals surface area contributed by atoms with Gasteiger partial charge in [0, 0.05) is 15.5 Å². The number of hydrogen-bond acceptors (Lipinski definition) is 3. The van der Waals surface area contributed by atoms with Crippen molar-refractivity contribution >= 4 is 34.7 Å². The second-order valence-electron chi connectivity index (χ2n) is 3.17. The van der Waals surface area contributed by atoms with Crippen LogP contribution in [0, 0.1) is 0 Å². The van der Waals surface area contributed by atoms with E-state index in [1.807, 2.05) is 24.3 Å². The van der Waals surface area contributed by atoms with Crippen LogP contribution in [0.4, 0.5) is 0 Å². The van der Waals surface area contributed by atoms with Gasteiger partial charge >= 0.3 is 0 Å². The van der Waals surface area contributed by atoms with E-state index in [9.17, 15) is 0 Å². The molecule has 0 saturated carbocycles. The lowest BCUT2D eigenvalue weighted by atomic mass is 10.3. The first kappa shape index (κ1) is 11.8. The average molecular weight is 271 g/mol. The molecule has 4 heteroatoms. The van der Waals surface area contributed by atoms with Gasteiger partial charge < -0.3 is 4.74 Å². The third-order valence-corrected chi connectivity index (χ3v) is 4.51. The largest absolute Gasteiger partial charge is 0.497 e. The summed E-state index contributed by atoms with van der Waals surface area (Å²) in [5.41, 5.74) is 0. The van der Waals surface area contributed by atoms with Gasteiger partial charge in [0.15, 0.2) is 0 Å². The molecule has 1 heterocycles. The quantitative estimate of drug-likeness (QED) is 0.745. The molecule has 0 aliphatic heterocycles. The first-order valence-corrected chi connectivity index (χ1v) is 6.97. The molecule has 1 aromatic heterocycles. The van der Waals surface area contributed by atoms with Crippen molar-refractivity contribution in [3.05, 3.63) is 45.6 Å². The summed E-state index contributed by atoms with van der Waals surface area (Å²) in [7, 11) is 1.68. The third-order valence-electron chi connectivity index (χ3n) is 2.05. The topological polar surface area (TPSA) is 9.23 Å². The Morgan fingerprint density at radius 1 is 1.31 bits per heavy atom. The number of thioether (sulfide) groups is 1. The molecule has 0 unspecified atom stereocenters. The summed E-state index contributed by atoms with van der Waals surface area (Å²) >= 11 is 9.30. The summed E-state index contributed by atoms with van der Waals surface area (Å²) in [6.07, 6.45) is 0. The average Bonchev–Trinajstić information content (AvgIpc) is 2.73. The second kappa shape index (κ2) is 5.62. The smallest absolute Gasteiger partial charge is 0.119 e. The van der Waals surface area contributed by atoms with Crippen LogP contribution in [0.2, 0.25) is 4.34 Å². The molecule has 0 fully saturated rings. The van der Waals surface area contributed by atoms with Gasteiger partial charge in [0.1, 0.15) is 5.75 Å². The molecule has 0 radical (unpaired) electrons. The number of hydrogen-bond donors (Lipinski definition) is 0. The predicted octanol–water partition coefficient (Wildman–Crippen LogP) is 4.70. The summed E-state index contributed by atoms with van der Waals surface area (Å²) in [6.45, 7) is 0. The maximum absolute atomic E-state index is 5.88. The fraction of sp³-hybridized carbons (Fsp3) is 0.167. The Morgan fingerprint density at radius 2 is 2.19 bits per heavy atom. The first-order valence-electron chi connectivity index (χ1n) is 4.79. The molecule has 0 amide bonds. The van der Waals surface area contributed by atoms with Gasteiger partial charge in [-0.1, -0.05) is 17.7 Å². The predicted molar refractivity (Wildman–Crippen MR) is 71.9 cm³/mol. The molecular formula is C12H11ClOS2. The maximum atomic E-state index is 5.88. The molecule has 1 nitrogen and oxygen atoms in total. The molecule has 0 bridgehead atoms. The number of rotatable bonds is 4. The molecule has 0 aliphatic rings. The van der Waals surface area contributed by atoms with Gasteiger partial charge in [0.25, 0.3) is 0 Å². The Kier molecular flexibility index (Phi) is 4.16. The monoisotopic (exact) mass is 270 g/mol. The summed E-state index contributed by atoms with van der Waals surface area (Å²) in [4.78, 5) is 2.50. The zero-order valence-corrected chi connectivity index (χ0v) is 11.2. The third kappa shape index (κ3) is 3.17. The summed E-state index contributed by atoms with van der Waals surface area (Å²) < 4.78 is 6.03. The molecule has 0 N–H and O–H groups in total. The van der Waals surface area contributed by atoms with Gasteiger partial charge in [-0.15, -0.1) is 23.1 Å². The Hall–Kier alpha value is -0.640. The molecule has 2 rings (SSSR count). The fourth-order valence-electron chi connectivity index (χ4n) is 1.27. The van der Waals surface area contributed by atoms with Gasteiger partial charge in [0.05, 0.1) is 11.4 Å². The highest BCUT2D eigenvalue weighted by atomic mass is 35.5. The van der Waals surface area contributed by atoms with Gasteiger partial charge in [-0.2, -0.15) is 0 Å². The van der Waals surface area contributed by atoms with Gasteiger partial charge in [-0.05, 0) is 30.3 Å². The zero-order chi connectivity index (χ0) is 11.4. The highest BCUT2D eigenvalue weighted by Crippen LogP contribution is 2.30. The van der Waals surface area contributed by atoms with Crippen molar-refractivity contribution in [1.82, 2.24) is 0 Å². The molecule has 0 aliphatic carbocycles. The van der Waals surface area contributed by atoms with Gasteiger partial charge in [-0.3, -0.25) is 0 Å². The fourth-order valence-corrected chi connectivity index (χ4v) is 3.35. The van der Waals surface area contributed by atoms with E-state index in [0.717, 1.165) is 15.8 Å². The molecule has 0 saturated heterocycles. The number of thiophene rings is 1. The minimum Gasteiger partial charge on any atom is -0.497 e. The van der Waals surface area contributed by atoms with Crippen molar-refractivity contribution < 1.29 is 4.74 Å². The van der Waals surface area contributed by atoms with Crippen molar-refractivity contribution in [2.75, 3.05) is 7.11 Å². The standard InChI is InChI=1S/C12H11ClOS2/c1-14-9-3-2-4-10(7-9)15-8-11-5-6-12(13)16-11/h2-7H,8H2,1H3. The van der Waals surface area contributed by atoms with Crippen LogP contribution in [0.5, 0.6) is 5.75 Å². The summed E-state index contributed by atoms with van der Waals surface area (Å²) in [5, 5.41) is 0. The maximum Gasteiger partial charge on any atom is 0.119 e. The van der Waals surface area contributed by atoms with Crippen LogP contribution in [0.15, 0.2) is 41.3 Å². The van der Waals surface area contributed by atoms with Crippen LogP contribution >= 0.6 is 34.7 Å². The lowest BCUT2D eigenvalue weighted by Gasteiger charge is -2.03. The van der Waals surface area contributed by atoms with Crippen LogP contribution < -0.4 is 4.74 Å². The zero-order valence-electron chi connectivity index (χ0n) is 8.77.